The van der Waals surface area contributed by atoms with Crippen LogP contribution >= 0.6 is 0 Å². The second-order valence-corrected chi connectivity index (χ2v) is 5.84. The quantitative estimate of drug-likeness (QED) is 0.723. The van der Waals surface area contributed by atoms with Crippen LogP contribution in [0.15, 0.2) is 24.3 Å². The van der Waals surface area contributed by atoms with E-state index in [0.29, 0.717) is 6.42 Å². The number of hydrogen-bond acceptors (Lipinski definition) is 3. The molecule has 0 unspecified atom stereocenters. The molecule has 116 valence electrons. The number of methoxy groups -OCH3 is 1. The molecule has 1 aliphatic rings. The van der Waals surface area contributed by atoms with Crippen LogP contribution in [0.25, 0.3) is 0 Å². The third-order valence-corrected chi connectivity index (χ3v) is 4.17. The fourth-order valence-electron chi connectivity index (χ4n) is 2.64. The number of anilines is 1. The molecule has 0 radical (unpaired) electrons. The third kappa shape index (κ3) is 4.55. The Kier molecular flexibility index (Phi) is 5.76. The molecule has 4 nitrogen and oxygen atoms in total. The summed E-state index contributed by atoms with van der Waals surface area (Å²) in [6.07, 6.45) is 4.71. The van der Waals surface area contributed by atoms with Crippen molar-refractivity contribution in [3.63, 3.8) is 0 Å². The Hall–Kier alpha value is -1.39. The van der Waals surface area contributed by atoms with E-state index in [0.717, 1.165) is 44.5 Å². The number of carbonyl (C=O) groups excluding carboxylic acids is 1. The molecule has 0 atom stereocenters. The molecule has 1 aromatic rings. The number of nitrogens with one attached hydrogen (secondary N) is 2. The maximum Gasteiger partial charge on any atom is 0.227 e. The average Bonchev–Trinajstić information content (AvgIpc) is 2.45. The summed E-state index contributed by atoms with van der Waals surface area (Å²) in [6.45, 7) is 4.05. The first-order chi connectivity index (χ1) is 10.2. The molecule has 1 aromatic carbocycles. The molecule has 21 heavy (non-hydrogen) atoms. The van der Waals surface area contributed by atoms with Gasteiger partial charge in [-0.15, -0.1) is 0 Å². The topological polar surface area (TPSA) is 50.4 Å². The fourth-order valence-corrected chi connectivity index (χ4v) is 2.64. The third-order valence-electron chi connectivity index (χ3n) is 4.17. The Morgan fingerprint density at radius 1 is 1.29 bits per heavy atom. The molecule has 0 aromatic heterocycles. The van der Waals surface area contributed by atoms with E-state index in [-0.39, 0.29) is 11.5 Å². The Balaban J connectivity index is 1.81. The van der Waals surface area contributed by atoms with Gasteiger partial charge < -0.3 is 15.4 Å². The molecule has 1 aliphatic carbocycles. The fraction of sp³-hybridized carbons (Fsp3) is 0.588. The van der Waals surface area contributed by atoms with Crippen molar-refractivity contribution in [1.82, 2.24) is 5.32 Å². The maximum absolute atomic E-state index is 12.1. The summed E-state index contributed by atoms with van der Waals surface area (Å²) in [4.78, 5) is 12.1. The predicted molar refractivity (Wildman–Crippen MR) is 85.3 cm³/mol. The van der Waals surface area contributed by atoms with Crippen LogP contribution in [0.3, 0.4) is 0 Å². The van der Waals surface area contributed by atoms with Crippen LogP contribution in [0.1, 0.15) is 44.6 Å². The van der Waals surface area contributed by atoms with Crippen LogP contribution in [-0.2, 0) is 16.1 Å². The molecule has 0 heterocycles. The Morgan fingerprint density at radius 3 is 2.52 bits per heavy atom. The molecule has 1 fully saturated rings. The number of carbonyl (C=O) groups is 1. The molecule has 2 rings (SSSR count). The molecule has 0 saturated heterocycles. The minimum Gasteiger partial charge on any atom is -0.378 e. The molecule has 2 N–H and O–H groups in total. The van der Waals surface area contributed by atoms with Gasteiger partial charge in [0.25, 0.3) is 0 Å². The number of benzene rings is 1. The molecular formula is C17H26N2O2. The van der Waals surface area contributed by atoms with E-state index in [4.69, 9.17) is 4.74 Å². The van der Waals surface area contributed by atoms with Crippen LogP contribution in [0.4, 0.5) is 5.69 Å². The monoisotopic (exact) mass is 290 g/mol. The summed E-state index contributed by atoms with van der Waals surface area (Å²) in [5, 5.41) is 6.32. The van der Waals surface area contributed by atoms with Gasteiger partial charge in [0.2, 0.25) is 5.91 Å². The van der Waals surface area contributed by atoms with E-state index >= 15 is 0 Å². The molecule has 1 saturated carbocycles. The van der Waals surface area contributed by atoms with Crippen molar-refractivity contribution in [2.75, 3.05) is 19.0 Å². The summed E-state index contributed by atoms with van der Waals surface area (Å²) in [5.41, 5.74) is 1.87. The smallest absolute Gasteiger partial charge is 0.227 e. The van der Waals surface area contributed by atoms with Gasteiger partial charge in [-0.2, -0.15) is 0 Å². The first kappa shape index (κ1) is 16.0. The highest BCUT2D eigenvalue weighted by molar-refractivity contribution is 5.91. The van der Waals surface area contributed by atoms with Gasteiger partial charge in [-0.1, -0.05) is 19.1 Å². The zero-order valence-electron chi connectivity index (χ0n) is 13.1. The lowest BCUT2D eigenvalue weighted by molar-refractivity contribution is -0.129. The van der Waals surface area contributed by atoms with E-state index < -0.39 is 0 Å². The standard InChI is InChI=1S/C17H26N2O2/c1-3-11-18-13-14-5-7-15(8-6-14)19-16(20)12-17(21-2)9-4-10-17/h5-8,18H,3-4,9-13H2,1-2H3,(H,19,20). The van der Waals surface area contributed by atoms with E-state index in [2.05, 4.69) is 17.6 Å². The minimum atomic E-state index is -0.214. The first-order valence-corrected chi connectivity index (χ1v) is 7.82. The van der Waals surface area contributed by atoms with Crippen LogP contribution in [0, 0.1) is 0 Å². The van der Waals surface area contributed by atoms with Crippen molar-refractivity contribution in [1.29, 1.82) is 0 Å². The Bertz CT molecular complexity index is 447. The number of ether oxygens (including phenoxy) is 1. The SMILES string of the molecule is CCCNCc1ccc(NC(=O)CC2(OC)CCC2)cc1. The van der Waals surface area contributed by atoms with Crippen molar-refractivity contribution in [3.05, 3.63) is 29.8 Å². The highest BCUT2D eigenvalue weighted by atomic mass is 16.5. The highest BCUT2D eigenvalue weighted by Gasteiger charge is 2.38. The molecule has 0 spiro atoms. The lowest BCUT2D eigenvalue weighted by Crippen LogP contribution is -2.42. The van der Waals surface area contributed by atoms with Gasteiger partial charge in [0.1, 0.15) is 0 Å². The molecule has 4 heteroatoms. The van der Waals surface area contributed by atoms with E-state index in [1.165, 1.54) is 5.56 Å². The van der Waals surface area contributed by atoms with Crippen molar-refractivity contribution < 1.29 is 9.53 Å². The first-order valence-electron chi connectivity index (χ1n) is 7.82. The average molecular weight is 290 g/mol. The molecule has 0 bridgehead atoms. The normalized spacial score (nSPS) is 16.3. The van der Waals surface area contributed by atoms with Crippen LogP contribution < -0.4 is 10.6 Å². The maximum atomic E-state index is 12.1. The zero-order chi connectivity index (χ0) is 15.1. The van der Waals surface area contributed by atoms with Crippen molar-refractivity contribution >= 4 is 11.6 Å². The lowest BCUT2D eigenvalue weighted by Gasteiger charge is -2.39. The van der Waals surface area contributed by atoms with Gasteiger partial charge in [0.15, 0.2) is 0 Å². The van der Waals surface area contributed by atoms with Gasteiger partial charge in [-0.25, -0.2) is 0 Å². The van der Waals surface area contributed by atoms with Crippen molar-refractivity contribution in [3.8, 4) is 0 Å². The number of rotatable bonds is 8. The summed E-state index contributed by atoms with van der Waals surface area (Å²) < 4.78 is 5.49. The van der Waals surface area contributed by atoms with E-state index in [1.807, 2.05) is 24.3 Å². The molecule has 0 aliphatic heterocycles. The Labute approximate surface area is 127 Å². The van der Waals surface area contributed by atoms with Gasteiger partial charge in [0, 0.05) is 19.3 Å². The van der Waals surface area contributed by atoms with Crippen molar-refractivity contribution in [2.45, 2.75) is 51.2 Å². The van der Waals surface area contributed by atoms with E-state index in [1.54, 1.807) is 7.11 Å². The van der Waals surface area contributed by atoms with Crippen LogP contribution in [-0.4, -0.2) is 25.2 Å². The number of amides is 1. The Morgan fingerprint density at radius 2 is 2.00 bits per heavy atom. The summed E-state index contributed by atoms with van der Waals surface area (Å²) in [6, 6.07) is 8.02. The predicted octanol–water partition coefficient (Wildman–Crippen LogP) is 3.08. The van der Waals surface area contributed by atoms with Crippen LogP contribution in [0.5, 0.6) is 0 Å². The largest absolute Gasteiger partial charge is 0.378 e. The second kappa shape index (κ2) is 7.57. The van der Waals surface area contributed by atoms with Crippen LogP contribution in [0.2, 0.25) is 0 Å². The van der Waals surface area contributed by atoms with Gasteiger partial charge in [-0.05, 0) is 49.9 Å². The summed E-state index contributed by atoms with van der Waals surface area (Å²) in [5.74, 6) is 0.0356. The minimum absolute atomic E-state index is 0.0356. The zero-order valence-corrected chi connectivity index (χ0v) is 13.1. The summed E-state index contributed by atoms with van der Waals surface area (Å²) >= 11 is 0. The van der Waals surface area contributed by atoms with Crippen molar-refractivity contribution in [2.24, 2.45) is 0 Å². The summed E-state index contributed by atoms with van der Waals surface area (Å²) in [7, 11) is 1.70. The highest BCUT2D eigenvalue weighted by Crippen LogP contribution is 2.38. The van der Waals surface area contributed by atoms with Gasteiger partial charge in [-0.3, -0.25) is 4.79 Å². The van der Waals surface area contributed by atoms with E-state index in [9.17, 15) is 4.79 Å². The van der Waals surface area contributed by atoms with Gasteiger partial charge >= 0.3 is 0 Å². The second-order valence-electron chi connectivity index (χ2n) is 5.84. The molecule has 1 amide bonds. The number of hydrogen-bond donors (Lipinski definition) is 2. The van der Waals surface area contributed by atoms with Gasteiger partial charge in [0.05, 0.1) is 12.0 Å². The lowest BCUT2D eigenvalue weighted by atomic mass is 9.77. The molecular weight excluding hydrogens is 264 g/mol.